The molecule has 0 aliphatic carbocycles. The zero-order valence-electron chi connectivity index (χ0n) is 55.7. The summed E-state index contributed by atoms with van der Waals surface area (Å²) in [7, 11) is -27.7. The van der Waals surface area contributed by atoms with Gasteiger partial charge in [0.2, 0.25) is 53.2 Å². The van der Waals surface area contributed by atoms with Crippen LogP contribution in [0.3, 0.4) is 0 Å². The van der Waals surface area contributed by atoms with Gasteiger partial charge < -0.3 is 163 Å². The van der Waals surface area contributed by atoms with Crippen molar-refractivity contribution in [3.8, 4) is 0 Å². The lowest BCUT2D eigenvalue weighted by Crippen LogP contribution is -2.62. The molecular formula is C45H92N25O31P5. The predicted molar refractivity (Wildman–Crippen MR) is 359 cm³/mol. The summed E-state index contributed by atoms with van der Waals surface area (Å²) in [5.41, 5.74) is 32.3. The first-order valence-corrected chi connectivity index (χ1v) is 38.0. The average Bonchev–Trinajstić information content (AvgIpc) is 0.858. The Balaban J connectivity index is 7.85. The van der Waals surface area contributed by atoms with Crippen molar-refractivity contribution in [1.29, 1.82) is 27.0 Å². The maximum atomic E-state index is 14.5. The van der Waals surface area contributed by atoms with Crippen LogP contribution in [0.2, 0.25) is 0 Å². The molecule has 61 heteroatoms. The normalized spacial score (nSPS) is 14.6. The van der Waals surface area contributed by atoms with Crippen molar-refractivity contribution >= 4 is 128 Å². The third kappa shape index (κ3) is 48.6. The van der Waals surface area contributed by atoms with E-state index < -0.39 is 247 Å². The molecule has 0 aromatic carbocycles. The van der Waals surface area contributed by atoms with Crippen molar-refractivity contribution in [2.45, 2.75) is 125 Å². The van der Waals surface area contributed by atoms with Gasteiger partial charge in [-0.25, -0.2) is 27.6 Å². The second kappa shape index (κ2) is 48.0. The number of phosphoric ester groups is 5. The van der Waals surface area contributed by atoms with Crippen molar-refractivity contribution in [1.82, 2.24) is 74.4 Å². The van der Waals surface area contributed by atoms with Crippen LogP contribution in [0.4, 0.5) is 0 Å². The smallest absolute Gasteiger partial charge is 0.469 e. The Labute approximate surface area is 600 Å². The van der Waals surface area contributed by atoms with E-state index in [0.29, 0.717) is 0 Å². The molecule has 0 unspecified atom stereocenters. The van der Waals surface area contributed by atoms with Crippen molar-refractivity contribution in [2.24, 2.45) is 34.4 Å². The number of amides is 9. The highest BCUT2D eigenvalue weighted by Crippen LogP contribution is 2.38. The molecule has 0 spiro atoms. The lowest BCUT2D eigenvalue weighted by atomic mass is 10.1. The quantitative estimate of drug-likeness (QED) is 0.0116. The van der Waals surface area contributed by atoms with E-state index in [9.17, 15) is 115 Å². The van der Waals surface area contributed by atoms with Crippen LogP contribution in [-0.2, 0) is 93.4 Å². The van der Waals surface area contributed by atoms with Gasteiger partial charge in [0.25, 0.3) is 0 Å². The summed E-state index contributed by atoms with van der Waals surface area (Å²) in [6, 6.07) is -21.3. The topological polar surface area (TPSA) is 969 Å². The molecule has 56 nitrogen and oxygen atoms in total. The van der Waals surface area contributed by atoms with Gasteiger partial charge in [0, 0.05) is 32.7 Å². The molecule has 0 saturated carbocycles. The molecule has 0 saturated heterocycles. The van der Waals surface area contributed by atoms with Gasteiger partial charge in [-0.2, -0.15) is 0 Å². The lowest BCUT2D eigenvalue weighted by molar-refractivity contribution is -0.143. The molecule has 0 rings (SSSR count). The van der Waals surface area contributed by atoms with Crippen molar-refractivity contribution in [3.63, 3.8) is 0 Å². The van der Waals surface area contributed by atoms with Crippen molar-refractivity contribution in [3.05, 3.63) is 0 Å². The minimum Gasteiger partial charge on any atom is -0.480 e. The first-order chi connectivity index (χ1) is 48.8. The summed E-state index contributed by atoms with van der Waals surface area (Å²) in [4.78, 5) is 234. The molecule has 106 heavy (non-hydrogen) atoms. The number of hydrogen-bond donors (Lipinski definition) is 36. The van der Waals surface area contributed by atoms with Gasteiger partial charge in [-0.15, -0.1) is 0 Å². The van der Waals surface area contributed by atoms with E-state index >= 15 is 0 Å². The van der Waals surface area contributed by atoms with Crippen LogP contribution in [0.5, 0.6) is 0 Å². The second-order valence-corrected chi connectivity index (χ2v) is 28.0. The van der Waals surface area contributed by atoms with E-state index in [2.05, 4.69) is 70.5 Å². The summed E-state index contributed by atoms with van der Waals surface area (Å²) in [6.45, 7) is -8.33. The molecule has 0 heterocycles. The standard InChI is InChI=1S/C45H92N25O31P5/c46-21(16-97-102(82,83)84)31(71)62-22(6-1-11-57-41(47)48)32(72)67-27(17-98-103(85,86)87)36(76)63-23(7-2-12-58-42(49)50)33(73)68-28(18-99-104(88,89)90)37(77)64-24(8-3-13-59-43(51)52)34(74)69-29(19-100-105(91,92)93)38(78)65-25(9-4-14-60-44(53)54)35(75)70-30(20-101-106(94,95)96)39(79)66-26(40(80)81)10-5-15-61-45(55)56/h21-30H,1-20,46H2,(H,62,71)(H,63,76)(H,64,77)(H,65,78)(H,66,79)(H,67,72)(H,68,73)(H,69,74)(H,70,75)(H,80,81)(H4,47,48,57)(H4,49,50,58)(H4,51,52,59)(H4,53,54,60)(H4,55,56,61)(H2,82,83,84)(H2,85,86,87)(H2,88,89,90)(H2,91,92,93)(H2,94,95,96)/t21-,22-,23-,24-,25-,26-,27-,28-,29-,30-/m0/s1. The fourth-order valence-corrected chi connectivity index (χ4v) is 9.84. The highest BCUT2D eigenvalue weighted by Gasteiger charge is 2.39. The molecule has 0 aromatic heterocycles. The zero-order valence-corrected chi connectivity index (χ0v) is 60.2. The van der Waals surface area contributed by atoms with Crippen LogP contribution in [0, 0.1) is 27.0 Å². The molecule has 0 fully saturated rings. The number of carbonyl (C=O) groups is 10. The second-order valence-electron chi connectivity index (χ2n) is 21.8. The molecule has 0 radical (unpaired) electrons. The number of carboxylic acids is 1. The van der Waals surface area contributed by atoms with Crippen molar-refractivity contribution < 1.29 is 147 Å². The summed E-state index contributed by atoms with van der Waals surface area (Å²) >= 11 is 0. The van der Waals surface area contributed by atoms with Crippen LogP contribution in [0.1, 0.15) is 64.2 Å². The van der Waals surface area contributed by atoms with Gasteiger partial charge >= 0.3 is 45.1 Å². The fraction of sp³-hybridized carbons (Fsp3) is 0.667. The van der Waals surface area contributed by atoms with E-state index in [-0.39, 0.29) is 71.2 Å². The Morgan fingerprint density at radius 2 is 0.443 bits per heavy atom. The van der Waals surface area contributed by atoms with E-state index in [1.54, 1.807) is 0 Å². The Hall–Kier alpha value is -8.44. The highest BCUT2D eigenvalue weighted by atomic mass is 31.2. The minimum atomic E-state index is -5.71. The number of nitrogens with two attached hydrogens (primary N) is 6. The molecule has 10 atom stereocenters. The zero-order chi connectivity index (χ0) is 81.5. The van der Waals surface area contributed by atoms with Crippen LogP contribution in [0.25, 0.3) is 0 Å². The Morgan fingerprint density at radius 3 is 0.632 bits per heavy atom. The third-order valence-electron chi connectivity index (χ3n) is 13.0. The average molecular weight is 1630 g/mol. The number of carbonyl (C=O) groups excluding carboxylic acids is 9. The largest absolute Gasteiger partial charge is 0.480 e. The summed E-state index contributed by atoms with van der Waals surface area (Å²) in [5, 5.41) is 77.2. The van der Waals surface area contributed by atoms with Gasteiger partial charge in [-0.3, -0.25) is 92.8 Å². The number of nitrogens with one attached hydrogen (secondary N) is 19. The first kappa shape index (κ1) is 97.6. The van der Waals surface area contributed by atoms with Gasteiger partial charge in [-0.1, -0.05) is 0 Å². The molecule has 42 N–H and O–H groups in total. The summed E-state index contributed by atoms with van der Waals surface area (Å²) in [6.07, 6.45) is -3.95. The summed E-state index contributed by atoms with van der Waals surface area (Å²) < 4.78 is 81.4. The van der Waals surface area contributed by atoms with Gasteiger partial charge in [0.15, 0.2) is 29.8 Å². The maximum Gasteiger partial charge on any atom is 0.469 e. The molecular weight excluding hydrogens is 1540 g/mol. The highest BCUT2D eigenvalue weighted by molar-refractivity contribution is 7.47. The van der Waals surface area contributed by atoms with Crippen molar-refractivity contribution in [2.75, 3.05) is 65.8 Å². The number of guanidine groups is 5. The first-order valence-electron chi connectivity index (χ1n) is 30.4. The number of hydrogen-bond acceptors (Lipinski definition) is 26. The Kier molecular flexibility index (Phi) is 44.2. The van der Waals surface area contributed by atoms with Gasteiger partial charge in [0.1, 0.15) is 60.4 Å². The van der Waals surface area contributed by atoms with Gasteiger partial charge in [0.05, 0.1) is 33.0 Å². The van der Waals surface area contributed by atoms with Crippen LogP contribution >= 0.6 is 39.1 Å². The fourth-order valence-electron chi connectivity index (χ4n) is 8.11. The molecule has 608 valence electrons. The summed E-state index contributed by atoms with van der Waals surface area (Å²) in [5.74, 6) is -18.4. The van der Waals surface area contributed by atoms with E-state index in [4.69, 9.17) is 71.2 Å². The number of rotatable bonds is 54. The molecule has 0 aromatic rings. The molecule has 9 amide bonds. The maximum absolute atomic E-state index is 14.5. The van der Waals surface area contributed by atoms with E-state index in [1.807, 2.05) is 26.6 Å². The number of aliphatic carboxylic acids is 1. The number of phosphoric acid groups is 5. The van der Waals surface area contributed by atoms with Gasteiger partial charge in [-0.05, 0) is 64.2 Å². The van der Waals surface area contributed by atoms with Crippen LogP contribution < -0.4 is 109 Å². The van der Waals surface area contributed by atoms with Crippen LogP contribution in [-0.4, -0.2) is 269 Å². The molecule has 0 bridgehead atoms. The van der Waals surface area contributed by atoms with E-state index in [1.165, 1.54) is 0 Å². The monoisotopic (exact) mass is 1630 g/mol. The lowest BCUT2D eigenvalue weighted by Gasteiger charge is -2.28. The van der Waals surface area contributed by atoms with E-state index in [0.717, 1.165) is 0 Å². The SMILES string of the molecule is N=C(N)NCCC[C@H](NC(=O)[C@H](COP(=O)(O)O)NC(=O)[C@H](CCCNC(=N)N)NC(=O)[C@H](COP(=O)(O)O)NC(=O)[C@H](CCCNC(=N)N)NC(=O)[C@H](COP(=O)(O)O)NC(=O)[C@H](CCCNC(=N)N)NC(=O)[C@H](COP(=O)(O)O)NC(=O)[C@H](CCCNC(=N)N)NC(=O)[C@@H](N)COP(=O)(O)O)C(=O)O. The third-order valence-corrected chi connectivity index (χ3v) is 15.4. The number of carboxylic acid groups (broad SMARTS) is 1. The Morgan fingerprint density at radius 1 is 0.283 bits per heavy atom. The predicted octanol–water partition coefficient (Wildman–Crippen LogP) is -13.4. The molecule has 0 aliphatic heterocycles. The Bertz CT molecular complexity index is 3290. The minimum absolute atomic E-state index is 0.0717. The molecule has 0 aliphatic rings. The van der Waals surface area contributed by atoms with Crippen LogP contribution in [0.15, 0.2) is 0 Å².